The Bertz CT molecular complexity index is 704. The Kier molecular flexibility index (Phi) is 3.60. The van der Waals surface area contributed by atoms with Crippen LogP contribution in [0, 0.1) is 0 Å². The number of fused-ring (bicyclic) bond motifs is 1. The summed E-state index contributed by atoms with van der Waals surface area (Å²) in [5.74, 6) is 0. The number of aromatic amines is 1. The fraction of sp³-hybridized carbons (Fsp3) is 0. The van der Waals surface area contributed by atoms with Crippen LogP contribution in [0.15, 0.2) is 53.6 Å². The van der Waals surface area contributed by atoms with Crippen molar-refractivity contribution in [3.8, 4) is 0 Å². The van der Waals surface area contributed by atoms with Gasteiger partial charge in [-0.1, -0.05) is 23.2 Å². The van der Waals surface area contributed by atoms with Gasteiger partial charge in [-0.25, -0.2) is 0 Å². The third kappa shape index (κ3) is 3.00. The number of anilines is 1. The molecule has 0 unspecified atom stereocenters. The van der Waals surface area contributed by atoms with E-state index in [0.29, 0.717) is 10.0 Å². The van der Waals surface area contributed by atoms with Crippen LogP contribution in [0.4, 0.5) is 5.69 Å². The fourth-order valence-electron chi connectivity index (χ4n) is 1.82. The molecule has 1 aromatic heterocycles. The summed E-state index contributed by atoms with van der Waals surface area (Å²) in [6.07, 6.45) is 1.93. The third-order valence-corrected chi connectivity index (χ3v) is 3.92. The Morgan fingerprint density at radius 1 is 0.947 bits per heavy atom. The Morgan fingerprint density at radius 2 is 1.74 bits per heavy atom. The first-order chi connectivity index (χ1) is 9.20. The molecule has 96 valence electrons. The van der Waals surface area contributed by atoms with Crippen molar-refractivity contribution in [2.24, 2.45) is 0 Å². The molecule has 5 heteroatoms. The Hall–Kier alpha value is -1.29. The molecule has 0 aliphatic carbocycles. The molecule has 19 heavy (non-hydrogen) atoms. The zero-order chi connectivity index (χ0) is 13.2. The van der Waals surface area contributed by atoms with E-state index in [1.165, 1.54) is 17.3 Å². The van der Waals surface area contributed by atoms with E-state index in [1.807, 2.05) is 36.5 Å². The summed E-state index contributed by atoms with van der Waals surface area (Å²) in [6.45, 7) is 0. The van der Waals surface area contributed by atoms with Gasteiger partial charge >= 0.3 is 0 Å². The van der Waals surface area contributed by atoms with Gasteiger partial charge in [-0.05, 0) is 54.4 Å². The second-order valence-electron chi connectivity index (χ2n) is 4.09. The number of nitrogens with one attached hydrogen (secondary N) is 2. The second-order valence-corrected chi connectivity index (χ2v) is 5.84. The molecule has 3 rings (SSSR count). The van der Waals surface area contributed by atoms with Crippen molar-refractivity contribution in [1.82, 2.24) is 4.98 Å². The van der Waals surface area contributed by atoms with Gasteiger partial charge in [0, 0.05) is 37.7 Å². The molecule has 0 radical (unpaired) electrons. The van der Waals surface area contributed by atoms with E-state index < -0.39 is 0 Å². The van der Waals surface area contributed by atoms with Gasteiger partial charge in [0.1, 0.15) is 0 Å². The first-order valence-corrected chi connectivity index (χ1v) is 7.24. The molecular weight excluding hydrogens is 299 g/mol. The van der Waals surface area contributed by atoms with Crippen molar-refractivity contribution < 1.29 is 0 Å². The largest absolute Gasteiger partial charge is 0.361 e. The predicted molar refractivity (Wildman–Crippen MR) is 84.2 cm³/mol. The molecule has 0 aliphatic rings. The van der Waals surface area contributed by atoms with E-state index in [2.05, 4.69) is 15.8 Å². The summed E-state index contributed by atoms with van der Waals surface area (Å²) in [5, 5.41) is 2.45. The average molecular weight is 309 g/mol. The van der Waals surface area contributed by atoms with Crippen LogP contribution in [0.1, 0.15) is 0 Å². The maximum Gasteiger partial charge on any atom is 0.0455 e. The molecule has 0 atom stereocenters. The Balaban J connectivity index is 1.77. The molecule has 0 spiro atoms. The van der Waals surface area contributed by atoms with Gasteiger partial charge in [-0.2, -0.15) is 0 Å². The van der Waals surface area contributed by atoms with Crippen molar-refractivity contribution in [2.45, 2.75) is 4.90 Å². The smallest absolute Gasteiger partial charge is 0.0455 e. The average Bonchev–Trinajstić information content (AvgIpc) is 2.82. The van der Waals surface area contributed by atoms with E-state index >= 15 is 0 Å². The zero-order valence-electron chi connectivity index (χ0n) is 9.78. The van der Waals surface area contributed by atoms with Crippen molar-refractivity contribution in [1.29, 1.82) is 0 Å². The lowest BCUT2D eigenvalue weighted by Crippen LogP contribution is -1.86. The van der Waals surface area contributed by atoms with Gasteiger partial charge in [0.15, 0.2) is 0 Å². The standard InChI is InChI=1S/C14H10Cl2N2S/c15-10-6-11(16)8-13(7-10)19-18-12-1-2-14-9(5-12)3-4-17-14/h1-8,17-18H. The van der Waals surface area contributed by atoms with Crippen molar-refractivity contribution >= 4 is 51.7 Å². The second kappa shape index (κ2) is 5.37. The van der Waals surface area contributed by atoms with E-state index in [-0.39, 0.29) is 0 Å². The number of rotatable bonds is 3. The third-order valence-electron chi connectivity index (χ3n) is 2.68. The van der Waals surface area contributed by atoms with Gasteiger partial charge in [0.2, 0.25) is 0 Å². The van der Waals surface area contributed by atoms with E-state index in [1.54, 1.807) is 6.07 Å². The number of H-pyrrole nitrogens is 1. The Morgan fingerprint density at radius 3 is 2.53 bits per heavy atom. The molecule has 0 saturated carbocycles. The zero-order valence-corrected chi connectivity index (χ0v) is 12.1. The summed E-state index contributed by atoms with van der Waals surface area (Å²) in [6, 6.07) is 13.7. The quantitative estimate of drug-likeness (QED) is 0.617. The van der Waals surface area contributed by atoms with Gasteiger partial charge < -0.3 is 9.71 Å². The molecule has 2 N–H and O–H groups in total. The Labute approximate surface area is 125 Å². The molecule has 2 nitrogen and oxygen atoms in total. The highest BCUT2D eigenvalue weighted by Gasteiger charge is 2.01. The van der Waals surface area contributed by atoms with Crippen LogP contribution < -0.4 is 4.72 Å². The summed E-state index contributed by atoms with van der Waals surface area (Å²) < 4.78 is 3.28. The van der Waals surface area contributed by atoms with E-state index in [9.17, 15) is 0 Å². The molecular formula is C14H10Cl2N2S. The van der Waals surface area contributed by atoms with Crippen LogP contribution in [-0.2, 0) is 0 Å². The van der Waals surface area contributed by atoms with E-state index in [4.69, 9.17) is 23.2 Å². The van der Waals surface area contributed by atoms with Crippen LogP contribution in [0.2, 0.25) is 10.0 Å². The number of benzene rings is 2. The first-order valence-electron chi connectivity index (χ1n) is 5.67. The van der Waals surface area contributed by atoms with Gasteiger partial charge in [0.05, 0.1) is 0 Å². The topological polar surface area (TPSA) is 27.8 Å². The highest BCUT2D eigenvalue weighted by Crippen LogP contribution is 2.28. The summed E-state index contributed by atoms with van der Waals surface area (Å²) in [7, 11) is 0. The highest BCUT2D eigenvalue weighted by atomic mass is 35.5. The molecule has 3 aromatic rings. The lowest BCUT2D eigenvalue weighted by Gasteiger charge is -2.06. The fourth-order valence-corrected chi connectivity index (χ4v) is 3.21. The molecule has 1 heterocycles. The maximum atomic E-state index is 5.97. The number of hydrogen-bond donors (Lipinski definition) is 2. The van der Waals surface area contributed by atoms with Crippen molar-refractivity contribution in [3.63, 3.8) is 0 Å². The minimum absolute atomic E-state index is 0.637. The minimum atomic E-state index is 0.637. The molecule has 2 aromatic carbocycles. The van der Waals surface area contributed by atoms with Crippen molar-refractivity contribution in [2.75, 3.05) is 4.72 Å². The monoisotopic (exact) mass is 308 g/mol. The molecule has 0 amide bonds. The van der Waals surface area contributed by atoms with Crippen LogP contribution in [0.5, 0.6) is 0 Å². The normalized spacial score (nSPS) is 10.8. The lowest BCUT2D eigenvalue weighted by molar-refractivity contribution is 1.46. The lowest BCUT2D eigenvalue weighted by atomic mass is 10.2. The van der Waals surface area contributed by atoms with Gasteiger partial charge in [-0.3, -0.25) is 0 Å². The number of aromatic nitrogens is 1. The van der Waals surface area contributed by atoms with Gasteiger partial charge in [0.25, 0.3) is 0 Å². The summed E-state index contributed by atoms with van der Waals surface area (Å²) in [4.78, 5) is 4.14. The van der Waals surface area contributed by atoms with Crippen LogP contribution in [0.25, 0.3) is 10.9 Å². The predicted octanol–water partition coefficient (Wildman–Crippen LogP) is 5.59. The van der Waals surface area contributed by atoms with Crippen molar-refractivity contribution in [3.05, 3.63) is 58.7 Å². The summed E-state index contributed by atoms with van der Waals surface area (Å²) >= 11 is 13.4. The molecule has 0 bridgehead atoms. The van der Waals surface area contributed by atoms with Crippen LogP contribution in [-0.4, -0.2) is 4.98 Å². The minimum Gasteiger partial charge on any atom is -0.361 e. The van der Waals surface area contributed by atoms with Gasteiger partial charge in [-0.15, -0.1) is 0 Å². The molecule has 0 saturated heterocycles. The molecule has 0 fully saturated rings. The number of hydrogen-bond acceptors (Lipinski definition) is 2. The first kappa shape index (κ1) is 12.7. The van der Waals surface area contributed by atoms with Crippen LogP contribution >= 0.6 is 35.1 Å². The van der Waals surface area contributed by atoms with Crippen LogP contribution in [0.3, 0.4) is 0 Å². The number of halogens is 2. The maximum absolute atomic E-state index is 5.97. The SMILES string of the molecule is Clc1cc(Cl)cc(SNc2ccc3[nH]ccc3c2)c1. The van der Waals surface area contributed by atoms with E-state index in [0.717, 1.165) is 16.1 Å². The highest BCUT2D eigenvalue weighted by molar-refractivity contribution is 8.00. The summed E-state index contributed by atoms with van der Waals surface area (Å²) in [5.41, 5.74) is 2.16. The molecule has 0 aliphatic heterocycles.